The molecule has 3 fully saturated rings. The van der Waals surface area contributed by atoms with E-state index in [4.69, 9.17) is 0 Å². The number of piperidine rings is 1. The second-order valence-electron chi connectivity index (χ2n) is 7.81. The third kappa shape index (κ3) is 2.58. The highest BCUT2D eigenvalue weighted by Gasteiger charge is 2.57. The quantitative estimate of drug-likeness (QED) is 0.898. The molecule has 1 aromatic rings. The van der Waals surface area contributed by atoms with Crippen molar-refractivity contribution in [3.63, 3.8) is 0 Å². The molecule has 4 rings (SSSR count). The molecular formula is C19H25NO3. The second-order valence-corrected chi connectivity index (χ2v) is 7.81. The van der Waals surface area contributed by atoms with Crippen molar-refractivity contribution in [2.45, 2.75) is 49.5 Å². The summed E-state index contributed by atoms with van der Waals surface area (Å²) in [4.78, 5) is 14.6. The number of phenols is 1. The van der Waals surface area contributed by atoms with Crippen molar-refractivity contribution in [3.8, 4) is 5.75 Å². The summed E-state index contributed by atoms with van der Waals surface area (Å²) in [6.45, 7) is 2.64. The first-order valence-electron chi connectivity index (χ1n) is 8.77. The van der Waals surface area contributed by atoms with Crippen LogP contribution in [0.1, 0.15) is 44.1 Å². The van der Waals surface area contributed by atoms with Crippen LogP contribution in [-0.4, -0.2) is 46.1 Å². The minimum Gasteiger partial charge on any atom is -0.508 e. The van der Waals surface area contributed by atoms with Crippen LogP contribution in [0.3, 0.4) is 0 Å². The van der Waals surface area contributed by atoms with Gasteiger partial charge in [0.2, 0.25) is 0 Å². The molecule has 0 radical (unpaired) electrons. The number of benzene rings is 1. The Labute approximate surface area is 137 Å². The molecule has 124 valence electrons. The molecule has 4 heteroatoms. The van der Waals surface area contributed by atoms with Crippen LogP contribution in [0.25, 0.3) is 0 Å². The Balaban J connectivity index is 1.69. The lowest BCUT2D eigenvalue weighted by Gasteiger charge is -2.56. The zero-order chi connectivity index (χ0) is 16.1. The van der Waals surface area contributed by atoms with Gasteiger partial charge in [0, 0.05) is 31.3 Å². The Morgan fingerprint density at radius 2 is 2.09 bits per heavy atom. The fourth-order valence-corrected chi connectivity index (χ4v) is 4.66. The third-order valence-corrected chi connectivity index (χ3v) is 6.16. The van der Waals surface area contributed by atoms with Gasteiger partial charge >= 0.3 is 0 Å². The molecule has 0 unspecified atom stereocenters. The summed E-state index contributed by atoms with van der Waals surface area (Å²) in [7, 11) is 0. The van der Waals surface area contributed by atoms with Crippen molar-refractivity contribution >= 4 is 5.78 Å². The predicted molar refractivity (Wildman–Crippen MR) is 87.4 cm³/mol. The molecule has 0 amide bonds. The van der Waals surface area contributed by atoms with Crippen molar-refractivity contribution in [1.82, 2.24) is 4.90 Å². The number of ketones is 1. The van der Waals surface area contributed by atoms with Gasteiger partial charge in [-0.2, -0.15) is 0 Å². The van der Waals surface area contributed by atoms with Gasteiger partial charge in [0.05, 0.1) is 5.60 Å². The Hall–Kier alpha value is -1.39. The first-order valence-corrected chi connectivity index (χ1v) is 8.77. The van der Waals surface area contributed by atoms with E-state index in [0.29, 0.717) is 25.8 Å². The van der Waals surface area contributed by atoms with Gasteiger partial charge < -0.3 is 15.1 Å². The molecule has 2 aliphatic carbocycles. The van der Waals surface area contributed by atoms with E-state index >= 15 is 0 Å². The molecular weight excluding hydrogens is 290 g/mol. The normalized spacial score (nSPS) is 35.1. The number of carbonyl (C=O) groups excluding carboxylic acids is 1. The molecule has 2 N–H and O–H groups in total. The lowest BCUT2D eigenvalue weighted by molar-refractivity contribution is -0.147. The summed E-state index contributed by atoms with van der Waals surface area (Å²) >= 11 is 0. The summed E-state index contributed by atoms with van der Waals surface area (Å²) in [5, 5.41) is 21.4. The van der Waals surface area contributed by atoms with Crippen molar-refractivity contribution in [2.75, 3.05) is 19.6 Å². The van der Waals surface area contributed by atoms with Crippen molar-refractivity contribution < 1.29 is 15.0 Å². The van der Waals surface area contributed by atoms with Crippen molar-refractivity contribution in [3.05, 3.63) is 29.8 Å². The van der Waals surface area contributed by atoms with E-state index in [9.17, 15) is 15.0 Å². The maximum atomic E-state index is 12.2. The number of β-amino-alcohol motifs (C(OH)–C–C–N with tert-alkyl or cyclic N) is 1. The lowest BCUT2D eigenvalue weighted by atomic mass is 9.56. The first-order chi connectivity index (χ1) is 11.0. The van der Waals surface area contributed by atoms with E-state index in [1.54, 1.807) is 12.1 Å². The number of hydrogen-bond acceptors (Lipinski definition) is 4. The summed E-state index contributed by atoms with van der Waals surface area (Å²) in [5.41, 5.74) is -0.498. The summed E-state index contributed by atoms with van der Waals surface area (Å²) < 4.78 is 0. The van der Waals surface area contributed by atoms with Gasteiger partial charge in [-0.05, 0) is 55.8 Å². The molecule has 4 nitrogen and oxygen atoms in total. The maximum Gasteiger partial charge on any atom is 0.134 e. The van der Waals surface area contributed by atoms with E-state index in [0.717, 1.165) is 31.0 Å². The molecule has 1 aromatic carbocycles. The monoisotopic (exact) mass is 315 g/mol. The Morgan fingerprint density at radius 1 is 1.26 bits per heavy atom. The number of nitrogens with zero attached hydrogens (tertiary/aromatic N) is 1. The Kier molecular flexibility index (Phi) is 3.50. The summed E-state index contributed by atoms with van der Waals surface area (Å²) in [6, 6.07) is 7.15. The molecule has 23 heavy (non-hydrogen) atoms. The molecule has 1 heterocycles. The largest absolute Gasteiger partial charge is 0.508 e. The van der Waals surface area contributed by atoms with Crippen LogP contribution in [0.4, 0.5) is 0 Å². The average molecular weight is 315 g/mol. The highest BCUT2D eigenvalue weighted by Crippen LogP contribution is 2.51. The van der Waals surface area contributed by atoms with Crippen LogP contribution < -0.4 is 0 Å². The molecule has 2 atom stereocenters. The fraction of sp³-hybridized carbons (Fsp3) is 0.632. The van der Waals surface area contributed by atoms with Gasteiger partial charge in [0.25, 0.3) is 0 Å². The molecule has 3 aliphatic rings. The summed E-state index contributed by atoms with van der Waals surface area (Å²) in [5.74, 6) is 1.24. The minimum atomic E-state index is -0.873. The molecule has 2 saturated carbocycles. The van der Waals surface area contributed by atoms with Crippen molar-refractivity contribution in [2.24, 2.45) is 5.92 Å². The number of phenolic OH excluding ortho intramolecular Hbond substituents is 1. The van der Waals surface area contributed by atoms with Crippen LogP contribution in [0.5, 0.6) is 5.75 Å². The third-order valence-electron chi connectivity index (χ3n) is 6.16. The van der Waals surface area contributed by atoms with E-state index in [1.165, 1.54) is 12.8 Å². The SMILES string of the molecule is O=C1CC[C@]2(O)CN(CC3CC3)CC[C@@]2(c2cccc(O)c2)C1. The van der Waals surface area contributed by atoms with E-state index < -0.39 is 11.0 Å². The van der Waals surface area contributed by atoms with Crippen LogP contribution >= 0.6 is 0 Å². The fourth-order valence-electron chi connectivity index (χ4n) is 4.66. The maximum absolute atomic E-state index is 12.2. The van der Waals surface area contributed by atoms with Crippen molar-refractivity contribution in [1.29, 1.82) is 0 Å². The van der Waals surface area contributed by atoms with Gasteiger partial charge in [0.1, 0.15) is 11.5 Å². The number of Topliss-reactive ketones (excluding diaryl/α,β-unsaturated/α-hetero) is 1. The minimum absolute atomic E-state index is 0.206. The molecule has 0 spiro atoms. The van der Waals surface area contributed by atoms with Crippen LogP contribution in [0.2, 0.25) is 0 Å². The highest BCUT2D eigenvalue weighted by atomic mass is 16.3. The number of rotatable bonds is 3. The van der Waals surface area contributed by atoms with E-state index in [1.807, 2.05) is 12.1 Å². The lowest BCUT2D eigenvalue weighted by Crippen LogP contribution is -2.65. The number of hydrogen-bond donors (Lipinski definition) is 2. The molecule has 0 aromatic heterocycles. The van der Waals surface area contributed by atoms with Gasteiger partial charge in [-0.15, -0.1) is 0 Å². The summed E-state index contributed by atoms with van der Waals surface area (Å²) in [6.07, 6.45) is 4.79. The van der Waals surface area contributed by atoms with E-state index in [-0.39, 0.29) is 11.5 Å². The Bertz CT molecular complexity index is 627. The van der Waals surface area contributed by atoms with Crippen LogP contribution in [-0.2, 0) is 10.2 Å². The number of aliphatic hydroxyl groups is 1. The van der Waals surface area contributed by atoms with Gasteiger partial charge in [-0.3, -0.25) is 4.79 Å². The molecule has 1 aliphatic heterocycles. The zero-order valence-electron chi connectivity index (χ0n) is 13.5. The van der Waals surface area contributed by atoms with Gasteiger partial charge in [-0.1, -0.05) is 12.1 Å². The number of likely N-dealkylation sites (tertiary alicyclic amines) is 1. The standard InChI is InChI=1S/C19H25NO3/c21-16-3-1-2-15(10-16)18-8-9-20(12-14-4-5-14)13-19(18,23)7-6-17(22)11-18/h1-3,10,14,21,23H,4-9,11-13H2/t18-,19-/m0/s1. The topological polar surface area (TPSA) is 60.8 Å². The van der Waals surface area contributed by atoms with Crippen LogP contribution in [0.15, 0.2) is 24.3 Å². The zero-order valence-corrected chi connectivity index (χ0v) is 13.5. The average Bonchev–Trinajstić information content (AvgIpc) is 3.32. The van der Waals surface area contributed by atoms with Gasteiger partial charge in [-0.25, -0.2) is 0 Å². The first kappa shape index (κ1) is 15.2. The number of fused-ring (bicyclic) bond motifs is 1. The van der Waals surface area contributed by atoms with E-state index in [2.05, 4.69) is 4.90 Å². The second kappa shape index (κ2) is 5.32. The highest BCUT2D eigenvalue weighted by molar-refractivity contribution is 5.82. The molecule has 0 bridgehead atoms. The van der Waals surface area contributed by atoms with Gasteiger partial charge in [0.15, 0.2) is 0 Å². The Morgan fingerprint density at radius 3 is 2.83 bits per heavy atom. The van der Waals surface area contributed by atoms with Crippen LogP contribution in [0, 0.1) is 5.92 Å². The predicted octanol–water partition coefficient (Wildman–Crippen LogP) is 2.23. The smallest absolute Gasteiger partial charge is 0.134 e. The molecule has 1 saturated heterocycles. The number of carbonyl (C=O) groups is 1. The number of aromatic hydroxyl groups is 1.